The van der Waals surface area contributed by atoms with Crippen LogP contribution in [-0.2, 0) is 11.2 Å². The van der Waals surface area contributed by atoms with Crippen molar-refractivity contribution in [2.24, 2.45) is 0 Å². The summed E-state index contributed by atoms with van der Waals surface area (Å²) in [4.78, 5) is 12.1. The topological polar surface area (TPSA) is 52.3 Å². The molecule has 0 saturated carbocycles. The molecule has 27 heavy (non-hydrogen) atoms. The molecule has 6 heteroatoms. The molecule has 4 rings (SSSR count). The minimum atomic E-state index is -0.394. The third-order valence-corrected chi connectivity index (χ3v) is 4.31. The predicted octanol–water partition coefficient (Wildman–Crippen LogP) is 5.44. The average Bonchev–Trinajstić information content (AvgIpc) is 3.07. The van der Waals surface area contributed by atoms with E-state index in [1.807, 2.05) is 0 Å². The van der Waals surface area contributed by atoms with E-state index >= 15 is 0 Å². The molecule has 4 nitrogen and oxygen atoms in total. The predicted molar refractivity (Wildman–Crippen MR) is 100 cm³/mol. The number of nitrogens with zero attached hydrogens (tertiary/aromatic N) is 1. The minimum Gasteiger partial charge on any atom is -0.426 e. The third-order valence-electron chi connectivity index (χ3n) is 4.05. The lowest BCUT2D eigenvalue weighted by atomic mass is 10.1. The molecule has 0 amide bonds. The second-order valence-electron chi connectivity index (χ2n) is 5.97. The Labute approximate surface area is 159 Å². The lowest BCUT2D eigenvalue weighted by Crippen LogP contribution is -2.11. The van der Waals surface area contributed by atoms with Crippen molar-refractivity contribution in [1.82, 2.24) is 5.16 Å². The molecular formula is C21H13ClFNO3. The van der Waals surface area contributed by atoms with Crippen LogP contribution in [0.25, 0.3) is 22.2 Å². The van der Waals surface area contributed by atoms with Crippen LogP contribution in [0.15, 0.2) is 71.3 Å². The van der Waals surface area contributed by atoms with Crippen LogP contribution in [0.4, 0.5) is 4.39 Å². The Morgan fingerprint density at radius 3 is 2.52 bits per heavy atom. The summed E-state index contributed by atoms with van der Waals surface area (Å²) in [6.07, 6.45) is 0.131. The van der Waals surface area contributed by atoms with Crippen LogP contribution < -0.4 is 4.74 Å². The maximum Gasteiger partial charge on any atom is 0.315 e. The van der Waals surface area contributed by atoms with Crippen molar-refractivity contribution < 1.29 is 18.4 Å². The van der Waals surface area contributed by atoms with Gasteiger partial charge >= 0.3 is 5.97 Å². The molecule has 134 valence electrons. The fourth-order valence-corrected chi connectivity index (χ4v) is 2.86. The van der Waals surface area contributed by atoms with Gasteiger partial charge in [0.25, 0.3) is 0 Å². The van der Waals surface area contributed by atoms with E-state index in [-0.39, 0.29) is 12.2 Å². The van der Waals surface area contributed by atoms with E-state index in [1.54, 1.807) is 54.6 Å². The van der Waals surface area contributed by atoms with Crippen LogP contribution in [0.2, 0.25) is 5.02 Å². The number of carbonyl (C=O) groups excluding carboxylic acids is 1. The maximum atomic E-state index is 13.1. The molecule has 0 spiro atoms. The highest BCUT2D eigenvalue weighted by Gasteiger charge is 2.13. The summed E-state index contributed by atoms with van der Waals surface area (Å²) in [7, 11) is 0. The molecule has 0 aliphatic rings. The van der Waals surface area contributed by atoms with Gasteiger partial charge in [0.05, 0.1) is 6.42 Å². The molecule has 0 bridgehead atoms. The van der Waals surface area contributed by atoms with E-state index in [0.717, 1.165) is 16.5 Å². The fourth-order valence-electron chi connectivity index (χ4n) is 2.73. The number of fused-ring (bicyclic) bond motifs is 1. The SMILES string of the molecule is O=C(Cc1ccc(Cl)cc1)Oc1ccc2c(-c3ccc(F)cc3)noc2c1. The third kappa shape index (κ3) is 3.83. The highest BCUT2D eigenvalue weighted by molar-refractivity contribution is 6.30. The van der Waals surface area contributed by atoms with Crippen molar-refractivity contribution in [3.63, 3.8) is 0 Å². The number of esters is 1. The number of benzene rings is 3. The van der Waals surface area contributed by atoms with Crippen LogP contribution in [0.3, 0.4) is 0 Å². The van der Waals surface area contributed by atoms with Gasteiger partial charge in [-0.25, -0.2) is 4.39 Å². The van der Waals surface area contributed by atoms with Gasteiger partial charge in [0.2, 0.25) is 0 Å². The van der Waals surface area contributed by atoms with E-state index in [1.165, 1.54) is 12.1 Å². The highest BCUT2D eigenvalue weighted by atomic mass is 35.5. The Morgan fingerprint density at radius 1 is 1.04 bits per heavy atom. The smallest absolute Gasteiger partial charge is 0.315 e. The Hall–Kier alpha value is -3.18. The molecule has 0 aliphatic heterocycles. The lowest BCUT2D eigenvalue weighted by Gasteiger charge is -2.04. The van der Waals surface area contributed by atoms with Gasteiger partial charge in [-0.1, -0.05) is 28.9 Å². The largest absolute Gasteiger partial charge is 0.426 e. The first-order valence-corrected chi connectivity index (χ1v) is 8.57. The van der Waals surface area contributed by atoms with Crippen molar-refractivity contribution in [2.45, 2.75) is 6.42 Å². The quantitative estimate of drug-likeness (QED) is 0.349. The van der Waals surface area contributed by atoms with Crippen molar-refractivity contribution in [2.75, 3.05) is 0 Å². The van der Waals surface area contributed by atoms with E-state index < -0.39 is 5.97 Å². The maximum absolute atomic E-state index is 13.1. The van der Waals surface area contributed by atoms with Gasteiger partial charge in [-0.3, -0.25) is 4.79 Å². The number of hydrogen-bond donors (Lipinski definition) is 0. The second-order valence-corrected chi connectivity index (χ2v) is 6.41. The van der Waals surface area contributed by atoms with Gasteiger partial charge in [0.15, 0.2) is 5.58 Å². The fraction of sp³-hybridized carbons (Fsp3) is 0.0476. The Kier molecular flexibility index (Phi) is 4.60. The summed E-state index contributed by atoms with van der Waals surface area (Å²) in [5.74, 6) is -0.348. The van der Waals surface area contributed by atoms with E-state index in [4.69, 9.17) is 20.9 Å². The zero-order valence-corrected chi connectivity index (χ0v) is 14.7. The Balaban J connectivity index is 1.53. The van der Waals surface area contributed by atoms with Gasteiger partial charge in [-0.05, 0) is 54.1 Å². The molecule has 1 heterocycles. The molecule has 0 atom stereocenters. The number of aromatic nitrogens is 1. The van der Waals surface area contributed by atoms with Crippen molar-refractivity contribution in [1.29, 1.82) is 0 Å². The molecule has 3 aromatic carbocycles. The Morgan fingerprint density at radius 2 is 1.78 bits per heavy atom. The van der Waals surface area contributed by atoms with Gasteiger partial charge in [-0.15, -0.1) is 0 Å². The van der Waals surface area contributed by atoms with E-state index in [0.29, 0.717) is 22.0 Å². The summed E-state index contributed by atoms with van der Waals surface area (Å²) >= 11 is 5.84. The van der Waals surface area contributed by atoms with Crippen LogP contribution in [0.5, 0.6) is 5.75 Å². The number of halogens is 2. The molecule has 0 aliphatic carbocycles. The van der Waals surface area contributed by atoms with E-state index in [9.17, 15) is 9.18 Å². The number of ether oxygens (including phenoxy) is 1. The molecule has 0 N–H and O–H groups in total. The number of hydrogen-bond acceptors (Lipinski definition) is 4. The van der Waals surface area contributed by atoms with Gasteiger partial charge in [0, 0.05) is 22.0 Å². The van der Waals surface area contributed by atoms with Gasteiger partial charge in [-0.2, -0.15) is 0 Å². The molecule has 4 aromatic rings. The standard InChI is InChI=1S/C21H13ClFNO3/c22-15-5-1-13(2-6-15)11-20(25)26-17-9-10-18-19(12-17)27-24-21(18)14-3-7-16(23)8-4-14/h1-10,12H,11H2. The summed E-state index contributed by atoms with van der Waals surface area (Å²) < 4.78 is 23.8. The second kappa shape index (κ2) is 7.21. The first-order valence-electron chi connectivity index (χ1n) is 8.19. The van der Waals surface area contributed by atoms with Crippen molar-refractivity contribution in [3.8, 4) is 17.0 Å². The van der Waals surface area contributed by atoms with E-state index in [2.05, 4.69) is 5.16 Å². The number of rotatable bonds is 4. The normalized spacial score (nSPS) is 10.9. The summed E-state index contributed by atoms with van der Waals surface area (Å²) in [5.41, 5.74) is 2.63. The summed E-state index contributed by atoms with van der Waals surface area (Å²) in [6, 6.07) is 18.0. The molecular weight excluding hydrogens is 369 g/mol. The highest BCUT2D eigenvalue weighted by Crippen LogP contribution is 2.30. The molecule has 0 radical (unpaired) electrons. The van der Waals surface area contributed by atoms with Crippen molar-refractivity contribution in [3.05, 3.63) is 83.1 Å². The number of carbonyl (C=O) groups is 1. The lowest BCUT2D eigenvalue weighted by molar-refractivity contribution is -0.133. The van der Waals surface area contributed by atoms with Crippen LogP contribution in [-0.4, -0.2) is 11.1 Å². The molecule has 1 aromatic heterocycles. The zero-order chi connectivity index (χ0) is 18.8. The van der Waals surface area contributed by atoms with Crippen LogP contribution >= 0.6 is 11.6 Å². The molecule has 0 fully saturated rings. The van der Waals surface area contributed by atoms with Crippen LogP contribution in [0, 0.1) is 5.82 Å². The monoisotopic (exact) mass is 381 g/mol. The van der Waals surface area contributed by atoms with Crippen LogP contribution in [0.1, 0.15) is 5.56 Å². The van der Waals surface area contributed by atoms with Gasteiger partial charge in [0.1, 0.15) is 17.3 Å². The zero-order valence-electron chi connectivity index (χ0n) is 14.0. The molecule has 0 saturated heterocycles. The van der Waals surface area contributed by atoms with Gasteiger partial charge < -0.3 is 9.26 Å². The molecule has 0 unspecified atom stereocenters. The first kappa shape index (κ1) is 17.2. The average molecular weight is 382 g/mol. The first-order chi connectivity index (χ1) is 13.1. The summed E-state index contributed by atoms with van der Waals surface area (Å²) in [6.45, 7) is 0. The summed E-state index contributed by atoms with van der Waals surface area (Å²) in [5, 5.41) is 5.40. The minimum absolute atomic E-state index is 0.131. The Bertz CT molecular complexity index is 1100. The van der Waals surface area contributed by atoms with Crippen molar-refractivity contribution >= 4 is 28.5 Å².